The molecule has 1 amide bonds. The van der Waals surface area contributed by atoms with E-state index in [0.29, 0.717) is 39.5 Å². The van der Waals surface area contributed by atoms with Crippen molar-refractivity contribution in [2.24, 2.45) is 5.92 Å². The summed E-state index contributed by atoms with van der Waals surface area (Å²) in [5, 5.41) is 19.1. The number of carbonyl (C=O) groups excluding carboxylic acids is 1. The molecule has 1 atom stereocenters. The van der Waals surface area contributed by atoms with Gasteiger partial charge in [0.1, 0.15) is 0 Å². The number of aryl methyl sites for hydroxylation is 2. The van der Waals surface area contributed by atoms with Crippen LogP contribution in [0.3, 0.4) is 0 Å². The standard InChI is InChI=1S/C25H25N5O2S/c1-14(2)13-33-25-27-23-21(28-29-25)20-11-15(3)10-16(4)22(20)30(17(5)31)24(32-23)19-9-7-6-8-18(19)12-26/h6-11,14,24H,13H2,1-5H3/t24-/m1/s1. The molecule has 0 spiro atoms. The first kappa shape index (κ1) is 22.7. The number of ether oxygens (including phenoxy) is 1. The monoisotopic (exact) mass is 459 g/mol. The van der Waals surface area contributed by atoms with Crippen molar-refractivity contribution in [1.29, 1.82) is 5.26 Å². The number of nitriles is 1. The highest BCUT2D eigenvalue weighted by Crippen LogP contribution is 2.46. The lowest BCUT2D eigenvalue weighted by Gasteiger charge is -2.31. The van der Waals surface area contributed by atoms with Gasteiger partial charge in [0.2, 0.25) is 23.2 Å². The zero-order chi connectivity index (χ0) is 23.7. The number of fused-ring (bicyclic) bond motifs is 3. The summed E-state index contributed by atoms with van der Waals surface area (Å²) < 4.78 is 6.41. The Hall–Kier alpha value is -3.44. The van der Waals surface area contributed by atoms with Crippen molar-refractivity contribution >= 4 is 23.4 Å². The third kappa shape index (κ3) is 4.41. The van der Waals surface area contributed by atoms with Crippen LogP contribution in [0.5, 0.6) is 5.88 Å². The number of aromatic nitrogens is 3. The smallest absolute Gasteiger partial charge is 0.247 e. The summed E-state index contributed by atoms with van der Waals surface area (Å²) in [6, 6.07) is 13.3. The van der Waals surface area contributed by atoms with Crippen LogP contribution in [0.15, 0.2) is 41.6 Å². The Morgan fingerprint density at radius 2 is 2.00 bits per heavy atom. The Morgan fingerprint density at radius 3 is 2.70 bits per heavy atom. The third-order valence-corrected chi connectivity index (χ3v) is 6.53. The van der Waals surface area contributed by atoms with Gasteiger partial charge in [-0.05, 0) is 37.5 Å². The van der Waals surface area contributed by atoms with E-state index in [1.54, 1.807) is 23.1 Å². The molecule has 0 saturated carbocycles. The quantitative estimate of drug-likeness (QED) is 0.494. The normalized spacial score (nSPS) is 14.7. The molecule has 1 aliphatic rings. The lowest BCUT2D eigenvalue weighted by molar-refractivity contribution is -0.118. The van der Waals surface area contributed by atoms with Crippen LogP contribution in [0.25, 0.3) is 11.3 Å². The molecule has 0 N–H and O–H groups in total. The van der Waals surface area contributed by atoms with Crippen LogP contribution in [0, 0.1) is 31.1 Å². The van der Waals surface area contributed by atoms with Gasteiger partial charge >= 0.3 is 0 Å². The molecule has 3 aromatic rings. The van der Waals surface area contributed by atoms with Gasteiger partial charge < -0.3 is 4.74 Å². The molecule has 4 rings (SSSR count). The summed E-state index contributed by atoms with van der Waals surface area (Å²) in [7, 11) is 0. The molecule has 1 aromatic heterocycles. The molecule has 0 aliphatic carbocycles. The Labute approximate surface area is 197 Å². The molecular formula is C25H25N5O2S. The molecule has 0 radical (unpaired) electrons. The minimum atomic E-state index is -0.876. The summed E-state index contributed by atoms with van der Waals surface area (Å²) in [5.41, 5.74) is 4.84. The van der Waals surface area contributed by atoms with Gasteiger partial charge in [-0.2, -0.15) is 10.2 Å². The molecule has 33 heavy (non-hydrogen) atoms. The maximum absolute atomic E-state index is 13.0. The van der Waals surface area contributed by atoms with Crippen molar-refractivity contribution in [1.82, 2.24) is 15.2 Å². The van der Waals surface area contributed by atoms with Gasteiger partial charge in [0.25, 0.3) is 0 Å². The molecule has 2 heterocycles. The number of rotatable bonds is 4. The van der Waals surface area contributed by atoms with Gasteiger partial charge in [-0.25, -0.2) is 0 Å². The topological polar surface area (TPSA) is 92.0 Å². The van der Waals surface area contributed by atoms with Crippen molar-refractivity contribution in [3.8, 4) is 23.2 Å². The lowest BCUT2D eigenvalue weighted by Crippen LogP contribution is -2.37. The maximum atomic E-state index is 13.0. The van der Waals surface area contributed by atoms with E-state index in [9.17, 15) is 10.1 Å². The minimum Gasteiger partial charge on any atom is -0.447 e. The van der Waals surface area contributed by atoms with E-state index in [0.717, 1.165) is 22.4 Å². The first-order valence-corrected chi connectivity index (χ1v) is 11.7. The van der Waals surface area contributed by atoms with Crippen molar-refractivity contribution in [3.05, 3.63) is 58.7 Å². The van der Waals surface area contributed by atoms with E-state index in [2.05, 4.69) is 35.1 Å². The highest BCUT2D eigenvalue weighted by molar-refractivity contribution is 7.99. The van der Waals surface area contributed by atoms with Gasteiger partial charge in [0.05, 0.1) is 17.3 Å². The number of nitrogens with zero attached hydrogens (tertiary/aromatic N) is 5. The summed E-state index contributed by atoms with van der Waals surface area (Å²) in [4.78, 5) is 19.3. The summed E-state index contributed by atoms with van der Waals surface area (Å²) in [5.74, 6) is 1.39. The van der Waals surface area contributed by atoms with Gasteiger partial charge in [0.15, 0.2) is 5.69 Å². The second kappa shape index (κ2) is 9.20. The van der Waals surface area contributed by atoms with Crippen LogP contribution in [-0.4, -0.2) is 26.8 Å². The molecule has 168 valence electrons. The van der Waals surface area contributed by atoms with Crippen LogP contribution in [-0.2, 0) is 4.79 Å². The van der Waals surface area contributed by atoms with Gasteiger partial charge in [0, 0.05) is 23.8 Å². The van der Waals surface area contributed by atoms with Gasteiger partial charge in [-0.15, -0.1) is 10.2 Å². The zero-order valence-electron chi connectivity index (χ0n) is 19.3. The Bertz CT molecular complexity index is 1270. The number of hydrogen-bond donors (Lipinski definition) is 0. The zero-order valence-corrected chi connectivity index (χ0v) is 20.1. The summed E-state index contributed by atoms with van der Waals surface area (Å²) in [6.07, 6.45) is -0.876. The predicted octanol–water partition coefficient (Wildman–Crippen LogP) is 5.22. The molecule has 7 nitrogen and oxygen atoms in total. The SMILES string of the molecule is CC(=O)N1c2c(C)cc(C)cc2-c2nnc(SCC(C)C)nc2O[C@@H]1c1ccccc1C#N. The Morgan fingerprint density at radius 1 is 1.24 bits per heavy atom. The number of carbonyl (C=O) groups is 1. The van der Waals surface area contributed by atoms with Gasteiger partial charge in [-0.1, -0.05) is 55.4 Å². The average Bonchev–Trinajstić information content (AvgIpc) is 2.92. The van der Waals surface area contributed by atoms with E-state index in [-0.39, 0.29) is 5.91 Å². The van der Waals surface area contributed by atoms with Gasteiger partial charge in [-0.3, -0.25) is 9.69 Å². The van der Waals surface area contributed by atoms with Crippen molar-refractivity contribution in [2.45, 2.75) is 46.0 Å². The minimum absolute atomic E-state index is 0.212. The molecule has 0 bridgehead atoms. The van der Waals surface area contributed by atoms with Crippen molar-refractivity contribution in [3.63, 3.8) is 0 Å². The van der Waals surface area contributed by atoms with Crippen LogP contribution < -0.4 is 9.64 Å². The molecule has 1 aliphatic heterocycles. The van der Waals surface area contributed by atoms with Crippen LogP contribution in [0.2, 0.25) is 0 Å². The van der Waals surface area contributed by atoms with Crippen LogP contribution in [0.1, 0.15) is 49.3 Å². The molecular weight excluding hydrogens is 434 g/mol. The molecule has 0 fully saturated rings. The fourth-order valence-electron chi connectivity index (χ4n) is 3.93. The largest absolute Gasteiger partial charge is 0.447 e. The number of anilines is 1. The highest BCUT2D eigenvalue weighted by Gasteiger charge is 2.36. The van der Waals surface area contributed by atoms with Crippen molar-refractivity contribution in [2.75, 3.05) is 10.7 Å². The maximum Gasteiger partial charge on any atom is 0.247 e. The predicted molar refractivity (Wildman–Crippen MR) is 128 cm³/mol. The van der Waals surface area contributed by atoms with Crippen molar-refractivity contribution < 1.29 is 9.53 Å². The van der Waals surface area contributed by atoms with Crippen LogP contribution >= 0.6 is 11.8 Å². The fourth-order valence-corrected chi connectivity index (χ4v) is 4.65. The number of thioether (sulfide) groups is 1. The Balaban J connectivity index is 1.98. The second-order valence-electron chi connectivity index (χ2n) is 8.49. The summed E-state index contributed by atoms with van der Waals surface area (Å²) in [6.45, 7) is 9.69. The summed E-state index contributed by atoms with van der Waals surface area (Å²) >= 11 is 1.51. The third-order valence-electron chi connectivity index (χ3n) is 5.27. The average molecular weight is 460 g/mol. The van der Waals surface area contributed by atoms with Crippen LogP contribution in [0.4, 0.5) is 5.69 Å². The second-order valence-corrected chi connectivity index (χ2v) is 9.48. The molecule has 0 unspecified atom stereocenters. The fraction of sp³-hybridized carbons (Fsp3) is 0.320. The molecule has 8 heteroatoms. The molecule has 0 saturated heterocycles. The van der Waals surface area contributed by atoms with E-state index >= 15 is 0 Å². The van der Waals surface area contributed by atoms with E-state index < -0.39 is 6.23 Å². The number of hydrogen-bond acceptors (Lipinski definition) is 7. The Kier molecular flexibility index (Phi) is 6.34. The lowest BCUT2D eigenvalue weighted by atomic mass is 9.99. The van der Waals surface area contributed by atoms with E-state index in [1.807, 2.05) is 32.0 Å². The van der Waals surface area contributed by atoms with E-state index in [4.69, 9.17) is 4.74 Å². The number of amides is 1. The van der Waals surface area contributed by atoms with E-state index in [1.165, 1.54) is 18.7 Å². The number of benzene rings is 2. The first-order chi connectivity index (χ1) is 15.8. The first-order valence-electron chi connectivity index (χ1n) is 10.7. The molecule has 2 aromatic carbocycles. The highest BCUT2D eigenvalue weighted by atomic mass is 32.2.